The lowest BCUT2D eigenvalue weighted by Gasteiger charge is -2.17. The summed E-state index contributed by atoms with van der Waals surface area (Å²) in [4.78, 5) is 13.5. The van der Waals surface area contributed by atoms with Crippen LogP contribution in [0.2, 0.25) is 0 Å². The summed E-state index contributed by atoms with van der Waals surface area (Å²) in [6.07, 6.45) is -2.92. The van der Waals surface area contributed by atoms with Crippen LogP contribution in [0.4, 0.5) is 24.7 Å². The van der Waals surface area contributed by atoms with E-state index in [9.17, 15) is 13.2 Å². The molecule has 138 valence electrons. The Hall–Kier alpha value is -2.81. The van der Waals surface area contributed by atoms with Gasteiger partial charge in [-0.15, -0.1) is 0 Å². The molecule has 1 aliphatic heterocycles. The summed E-state index contributed by atoms with van der Waals surface area (Å²) in [5, 5.41) is 3.01. The zero-order valence-electron chi connectivity index (χ0n) is 14.1. The van der Waals surface area contributed by atoms with E-state index in [-0.39, 0.29) is 12.8 Å². The maximum Gasteiger partial charge on any atom is 0.416 e. The van der Waals surface area contributed by atoms with Crippen LogP contribution in [0.1, 0.15) is 25.0 Å². The number of aliphatic imine (C=N–C) groups is 1. The third-order valence-electron chi connectivity index (χ3n) is 3.44. The maximum absolute atomic E-state index is 12.7. The number of anilines is 2. The molecule has 2 N–H and O–H groups in total. The number of hydrogen-bond donors (Lipinski definition) is 2. The number of nitrogens with one attached hydrogen (secondary N) is 2. The van der Waals surface area contributed by atoms with Crippen molar-refractivity contribution < 1.29 is 22.7 Å². The third-order valence-corrected chi connectivity index (χ3v) is 3.44. The molecule has 0 atom stereocenters. The standard InChI is InChI=1S/C17H17F3N4O2/c1-10(2)26-13-7-8-21-15(14(13)16-22-9-25-24-16)23-12-5-3-11(4-6-12)17(18,19)20/h3-8,10H,9H2,1-2H3,(H,21,23)(H,22,24). The zero-order chi connectivity index (χ0) is 18.7. The minimum atomic E-state index is -4.38. The summed E-state index contributed by atoms with van der Waals surface area (Å²) < 4.78 is 43.9. The van der Waals surface area contributed by atoms with Crippen LogP contribution in [0.15, 0.2) is 41.5 Å². The first-order valence-corrected chi connectivity index (χ1v) is 7.87. The Morgan fingerprint density at radius 2 is 1.92 bits per heavy atom. The van der Waals surface area contributed by atoms with Gasteiger partial charge in [0.1, 0.15) is 17.1 Å². The van der Waals surface area contributed by atoms with E-state index in [4.69, 9.17) is 9.57 Å². The van der Waals surface area contributed by atoms with Gasteiger partial charge in [-0.25, -0.2) is 15.5 Å². The van der Waals surface area contributed by atoms with Crippen LogP contribution in [0.5, 0.6) is 5.75 Å². The summed E-state index contributed by atoms with van der Waals surface area (Å²) in [6.45, 7) is 3.91. The molecule has 0 fully saturated rings. The van der Waals surface area contributed by atoms with E-state index in [1.165, 1.54) is 12.1 Å². The SMILES string of the molecule is CC(C)Oc1ccnc(Nc2ccc(C(F)(F)F)cc2)c1C1=NCON1. The molecule has 1 aliphatic rings. The quantitative estimate of drug-likeness (QED) is 0.841. The van der Waals surface area contributed by atoms with E-state index in [2.05, 4.69) is 20.8 Å². The summed E-state index contributed by atoms with van der Waals surface area (Å²) in [6, 6.07) is 6.38. The lowest BCUT2D eigenvalue weighted by molar-refractivity contribution is -0.137. The fourth-order valence-corrected chi connectivity index (χ4v) is 2.36. The molecule has 0 amide bonds. The lowest BCUT2D eigenvalue weighted by atomic mass is 10.1. The second-order valence-corrected chi connectivity index (χ2v) is 5.78. The number of halogens is 3. The van der Waals surface area contributed by atoms with Crippen LogP contribution < -0.4 is 15.5 Å². The van der Waals surface area contributed by atoms with Gasteiger partial charge in [-0.3, -0.25) is 4.84 Å². The van der Waals surface area contributed by atoms with E-state index in [0.29, 0.717) is 28.7 Å². The molecule has 0 radical (unpaired) electrons. The Morgan fingerprint density at radius 3 is 2.50 bits per heavy atom. The summed E-state index contributed by atoms with van der Waals surface area (Å²) in [5.74, 6) is 1.35. The lowest BCUT2D eigenvalue weighted by Crippen LogP contribution is -2.21. The van der Waals surface area contributed by atoms with Crippen LogP contribution in [0.3, 0.4) is 0 Å². The predicted octanol–water partition coefficient (Wildman–Crippen LogP) is 3.87. The van der Waals surface area contributed by atoms with Crippen molar-refractivity contribution in [3.8, 4) is 5.75 Å². The van der Waals surface area contributed by atoms with Crippen molar-refractivity contribution in [2.45, 2.75) is 26.1 Å². The van der Waals surface area contributed by atoms with Crippen LogP contribution >= 0.6 is 0 Å². The highest BCUT2D eigenvalue weighted by atomic mass is 19.4. The Balaban J connectivity index is 1.94. The molecule has 1 aromatic carbocycles. The molecule has 0 unspecified atom stereocenters. The highest BCUT2D eigenvalue weighted by Crippen LogP contribution is 2.32. The van der Waals surface area contributed by atoms with Crippen molar-refractivity contribution in [1.29, 1.82) is 0 Å². The molecule has 0 spiro atoms. The van der Waals surface area contributed by atoms with Crippen LogP contribution in [0.25, 0.3) is 0 Å². The largest absolute Gasteiger partial charge is 0.490 e. The number of ether oxygens (including phenoxy) is 1. The van der Waals surface area contributed by atoms with Crippen LogP contribution in [-0.2, 0) is 11.0 Å². The third kappa shape index (κ3) is 4.05. The molecule has 2 heterocycles. The first-order chi connectivity index (χ1) is 12.3. The second-order valence-electron chi connectivity index (χ2n) is 5.78. The molecule has 0 aliphatic carbocycles. The van der Waals surface area contributed by atoms with Gasteiger partial charge in [-0.1, -0.05) is 0 Å². The van der Waals surface area contributed by atoms with Gasteiger partial charge in [0.2, 0.25) is 0 Å². The number of nitrogens with zero attached hydrogens (tertiary/aromatic N) is 2. The molecule has 3 rings (SSSR count). The van der Waals surface area contributed by atoms with Gasteiger partial charge >= 0.3 is 6.18 Å². The van der Waals surface area contributed by atoms with E-state index in [1.807, 2.05) is 13.8 Å². The van der Waals surface area contributed by atoms with Crippen molar-refractivity contribution in [3.05, 3.63) is 47.7 Å². The molecule has 9 heteroatoms. The van der Waals surface area contributed by atoms with E-state index in [1.54, 1.807) is 12.3 Å². The summed E-state index contributed by atoms with van der Waals surface area (Å²) in [7, 11) is 0. The van der Waals surface area contributed by atoms with Crippen molar-refractivity contribution in [2.24, 2.45) is 4.99 Å². The number of alkyl halides is 3. The van der Waals surface area contributed by atoms with Crippen molar-refractivity contribution >= 4 is 17.3 Å². The summed E-state index contributed by atoms with van der Waals surface area (Å²) >= 11 is 0. The van der Waals surface area contributed by atoms with Gasteiger partial charge in [-0.05, 0) is 44.2 Å². The average Bonchev–Trinajstić information content (AvgIpc) is 3.08. The van der Waals surface area contributed by atoms with E-state index >= 15 is 0 Å². The Kier molecular flexibility index (Phi) is 4.99. The number of hydrogen-bond acceptors (Lipinski definition) is 6. The number of amidine groups is 1. The first-order valence-electron chi connectivity index (χ1n) is 7.87. The van der Waals surface area contributed by atoms with Gasteiger partial charge < -0.3 is 10.1 Å². The molecular weight excluding hydrogens is 349 g/mol. The topological polar surface area (TPSA) is 67.8 Å². The van der Waals surface area contributed by atoms with Gasteiger partial charge in [0.15, 0.2) is 12.6 Å². The molecule has 0 saturated carbocycles. The van der Waals surface area contributed by atoms with Crippen molar-refractivity contribution in [1.82, 2.24) is 10.5 Å². The van der Waals surface area contributed by atoms with Crippen LogP contribution in [0, 0.1) is 0 Å². The van der Waals surface area contributed by atoms with Crippen molar-refractivity contribution in [3.63, 3.8) is 0 Å². The fourth-order valence-electron chi connectivity index (χ4n) is 2.36. The van der Waals surface area contributed by atoms with Gasteiger partial charge in [-0.2, -0.15) is 13.2 Å². The highest BCUT2D eigenvalue weighted by Gasteiger charge is 2.30. The average molecular weight is 366 g/mol. The minimum Gasteiger partial charge on any atom is -0.490 e. The molecule has 6 nitrogen and oxygen atoms in total. The van der Waals surface area contributed by atoms with Gasteiger partial charge in [0.05, 0.1) is 11.7 Å². The number of pyridine rings is 1. The molecular formula is C17H17F3N4O2. The fraction of sp³-hybridized carbons (Fsp3) is 0.294. The number of rotatable bonds is 5. The Bertz CT molecular complexity index is 805. The smallest absolute Gasteiger partial charge is 0.416 e. The predicted molar refractivity (Wildman–Crippen MR) is 90.4 cm³/mol. The zero-order valence-corrected chi connectivity index (χ0v) is 14.1. The normalized spacial score (nSPS) is 14.2. The molecule has 2 aromatic rings. The van der Waals surface area contributed by atoms with E-state index in [0.717, 1.165) is 12.1 Å². The summed E-state index contributed by atoms with van der Waals surface area (Å²) in [5.41, 5.74) is 2.96. The maximum atomic E-state index is 12.7. The second kappa shape index (κ2) is 7.20. The molecule has 0 bridgehead atoms. The Morgan fingerprint density at radius 1 is 1.19 bits per heavy atom. The van der Waals surface area contributed by atoms with E-state index < -0.39 is 11.7 Å². The minimum absolute atomic E-state index is 0.0852. The number of hydroxylamine groups is 1. The monoisotopic (exact) mass is 366 g/mol. The first kappa shape index (κ1) is 18.0. The molecule has 26 heavy (non-hydrogen) atoms. The van der Waals surface area contributed by atoms with Gasteiger partial charge in [0.25, 0.3) is 0 Å². The Labute approximate surface area is 148 Å². The van der Waals surface area contributed by atoms with Crippen LogP contribution in [-0.4, -0.2) is 23.7 Å². The number of aromatic nitrogens is 1. The molecule has 0 saturated heterocycles. The molecule has 1 aromatic heterocycles. The number of benzene rings is 1. The highest BCUT2D eigenvalue weighted by molar-refractivity contribution is 6.05. The van der Waals surface area contributed by atoms with Gasteiger partial charge in [0, 0.05) is 11.9 Å². The van der Waals surface area contributed by atoms with Crippen molar-refractivity contribution in [2.75, 3.05) is 12.0 Å².